The average molecular weight is 243 g/mol. The molecule has 1 aliphatic rings. The molecule has 1 aromatic carbocycles. The molecule has 0 saturated carbocycles. The van der Waals surface area contributed by atoms with E-state index in [1.54, 1.807) is 6.92 Å². The van der Waals surface area contributed by atoms with Gasteiger partial charge >= 0.3 is 0 Å². The summed E-state index contributed by atoms with van der Waals surface area (Å²) in [6.07, 6.45) is 4.81. The van der Waals surface area contributed by atoms with E-state index >= 15 is 0 Å². The number of allylic oxidation sites excluding steroid dienone is 1. The first-order valence-corrected chi connectivity index (χ1v) is 6.58. The molecule has 96 valence electrons. The van der Waals surface area contributed by atoms with Gasteiger partial charge in [0.25, 0.3) is 0 Å². The van der Waals surface area contributed by atoms with Crippen LogP contribution in [0.2, 0.25) is 0 Å². The predicted molar refractivity (Wildman–Crippen MR) is 74.4 cm³/mol. The number of nitrogens with one attached hydrogen (secondary N) is 1. The van der Waals surface area contributed by atoms with Crippen molar-refractivity contribution in [3.8, 4) is 0 Å². The van der Waals surface area contributed by atoms with Crippen LogP contribution >= 0.6 is 0 Å². The van der Waals surface area contributed by atoms with Gasteiger partial charge in [0, 0.05) is 18.5 Å². The highest BCUT2D eigenvalue weighted by Gasteiger charge is 2.29. The lowest BCUT2D eigenvalue weighted by atomic mass is 9.82. The number of rotatable bonds is 3. The Morgan fingerprint density at radius 3 is 2.67 bits per heavy atom. The van der Waals surface area contributed by atoms with Crippen LogP contribution in [0, 0.1) is 0 Å². The number of benzene rings is 1. The molecular formula is C16H21NO. The minimum Gasteiger partial charge on any atom is -0.304 e. The third kappa shape index (κ3) is 3.08. The summed E-state index contributed by atoms with van der Waals surface area (Å²) < 4.78 is 0. The topological polar surface area (TPSA) is 29.1 Å². The first kappa shape index (κ1) is 13.0. The number of piperidine rings is 1. The minimum absolute atomic E-state index is 0.0643. The van der Waals surface area contributed by atoms with E-state index in [4.69, 9.17) is 0 Å². The second kappa shape index (κ2) is 5.49. The summed E-state index contributed by atoms with van der Waals surface area (Å²) in [6.45, 7) is 4.78. The van der Waals surface area contributed by atoms with Crippen molar-refractivity contribution in [3.63, 3.8) is 0 Å². The second-order valence-electron chi connectivity index (χ2n) is 5.32. The van der Waals surface area contributed by atoms with Crippen LogP contribution < -0.4 is 5.32 Å². The summed E-state index contributed by atoms with van der Waals surface area (Å²) in [5.41, 5.74) is 2.77. The van der Waals surface area contributed by atoms with Crippen LogP contribution in [-0.4, -0.2) is 12.3 Å². The van der Waals surface area contributed by atoms with Gasteiger partial charge in [-0.15, -0.1) is 0 Å². The van der Waals surface area contributed by atoms with Crippen molar-refractivity contribution in [1.29, 1.82) is 0 Å². The maximum atomic E-state index is 11.0. The fourth-order valence-corrected chi connectivity index (χ4v) is 2.41. The summed E-state index contributed by atoms with van der Waals surface area (Å²) in [5.74, 6) is 0.235. The average Bonchev–Trinajstić information content (AvgIpc) is 2.39. The lowest BCUT2D eigenvalue weighted by Gasteiger charge is -2.36. The number of Topliss-reactive ketones (excluding diaryl/α,β-unsaturated/α-hetero) is 1. The highest BCUT2D eigenvalue weighted by Crippen LogP contribution is 2.31. The largest absolute Gasteiger partial charge is 0.304 e. The molecule has 1 N–H and O–H groups in total. The Balaban J connectivity index is 2.01. The summed E-state index contributed by atoms with van der Waals surface area (Å²) in [6, 6.07) is 10.6. The maximum absolute atomic E-state index is 11.0. The van der Waals surface area contributed by atoms with Gasteiger partial charge in [-0.25, -0.2) is 0 Å². The van der Waals surface area contributed by atoms with Crippen molar-refractivity contribution in [3.05, 3.63) is 47.5 Å². The van der Waals surface area contributed by atoms with E-state index in [-0.39, 0.29) is 11.3 Å². The number of ketones is 1. The van der Waals surface area contributed by atoms with Crippen LogP contribution in [0.1, 0.15) is 38.7 Å². The normalized spacial score (nSPS) is 26.2. The van der Waals surface area contributed by atoms with E-state index in [2.05, 4.69) is 42.6 Å². The van der Waals surface area contributed by atoms with E-state index < -0.39 is 0 Å². The molecule has 1 aromatic rings. The van der Waals surface area contributed by atoms with Crippen LogP contribution in [0.15, 0.2) is 42.0 Å². The Kier molecular flexibility index (Phi) is 3.97. The SMILES string of the molecule is CC(=O)C/C=C1/CC[C@@](C)(c2ccccc2)NC1. The van der Waals surface area contributed by atoms with E-state index in [1.807, 2.05) is 6.07 Å². The van der Waals surface area contributed by atoms with Crippen LogP contribution in [0.5, 0.6) is 0 Å². The molecule has 2 heteroatoms. The van der Waals surface area contributed by atoms with E-state index in [9.17, 15) is 4.79 Å². The van der Waals surface area contributed by atoms with Gasteiger partial charge in [0.2, 0.25) is 0 Å². The Bertz CT molecular complexity index is 437. The molecule has 0 aliphatic carbocycles. The molecule has 2 nitrogen and oxygen atoms in total. The molecule has 1 atom stereocenters. The molecule has 1 fully saturated rings. The van der Waals surface area contributed by atoms with Crippen LogP contribution in [0.3, 0.4) is 0 Å². The lowest BCUT2D eigenvalue weighted by Crippen LogP contribution is -2.44. The molecule has 0 radical (unpaired) electrons. The maximum Gasteiger partial charge on any atom is 0.133 e. The smallest absolute Gasteiger partial charge is 0.133 e. The van der Waals surface area contributed by atoms with Crippen LogP contribution in [0.25, 0.3) is 0 Å². The molecule has 2 rings (SSSR count). The number of carbonyl (C=O) groups is 1. The highest BCUT2D eigenvalue weighted by atomic mass is 16.1. The molecule has 0 aromatic heterocycles. The molecule has 1 aliphatic heterocycles. The zero-order valence-corrected chi connectivity index (χ0v) is 11.2. The Morgan fingerprint density at radius 2 is 2.11 bits per heavy atom. The van der Waals surface area contributed by atoms with E-state index in [0.29, 0.717) is 6.42 Å². The van der Waals surface area contributed by atoms with Gasteiger partial charge in [0.1, 0.15) is 5.78 Å². The zero-order valence-electron chi connectivity index (χ0n) is 11.2. The van der Waals surface area contributed by atoms with Gasteiger partial charge < -0.3 is 5.32 Å². The monoisotopic (exact) mass is 243 g/mol. The minimum atomic E-state index is 0.0643. The standard InChI is InChI=1S/C16H21NO/c1-13(18)8-9-14-10-11-16(2,17-12-14)15-6-4-3-5-7-15/h3-7,9,17H,8,10-12H2,1-2H3/b14-9-/t16-/m0/s1. The molecule has 18 heavy (non-hydrogen) atoms. The van der Waals surface area contributed by atoms with Crippen molar-refractivity contribution >= 4 is 5.78 Å². The van der Waals surface area contributed by atoms with Gasteiger partial charge in [-0.3, -0.25) is 4.79 Å². The van der Waals surface area contributed by atoms with Crippen molar-refractivity contribution in [1.82, 2.24) is 5.32 Å². The van der Waals surface area contributed by atoms with Crippen molar-refractivity contribution in [2.75, 3.05) is 6.54 Å². The van der Waals surface area contributed by atoms with Crippen molar-refractivity contribution < 1.29 is 4.79 Å². The van der Waals surface area contributed by atoms with Crippen molar-refractivity contribution in [2.45, 2.75) is 38.6 Å². The number of carbonyl (C=O) groups excluding carboxylic acids is 1. The van der Waals surface area contributed by atoms with E-state index in [0.717, 1.165) is 19.4 Å². The zero-order chi connectivity index (χ0) is 13.0. The predicted octanol–water partition coefficient (Wildman–Crippen LogP) is 3.19. The van der Waals surface area contributed by atoms with Crippen LogP contribution in [-0.2, 0) is 10.3 Å². The summed E-state index contributed by atoms with van der Waals surface area (Å²) in [5, 5.41) is 3.61. The molecule has 0 unspecified atom stereocenters. The summed E-state index contributed by atoms with van der Waals surface area (Å²) in [4.78, 5) is 11.0. The Hall–Kier alpha value is -1.41. The fraction of sp³-hybridized carbons (Fsp3) is 0.438. The fourth-order valence-electron chi connectivity index (χ4n) is 2.41. The molecule has 0 amide bonds. The quantitative estimate of drug-likeness (QED) is 0.826. The van der Waals surface area contributed by atoms with Gasteiger partial charge in [-0.05, 0) is 32.3 Å². The van der Waals surface area contributed by atoms with Crippen LogP contribution in [0.4, 0.5) is 0 Å². The van der Waals surface area contributed by atoms with Gasteiger partial charge in [-0.1, -0.05) is 42.0 Å². The van der Waals surface area contributed by atoms with Gasteiger partial charge in [-0.2, -0.15) is 0 Å². The van der Waals surface area contributed by atoms with Crippen molar-refractivity contribution in [2.24, 2.45) is 0 Å². The third-order valence-corrected chi connectivity index (χ3v) is 3.74. The molecule has 0 bridgehead atoms. The number of hydrogen-bond donors (Lipinski definition) is 1. The first-order chi connectivity index (χ1) is 8.60. The number of hydrogen-bond acceptors (Lipinski definition) is 2. The molecule has 1 heterocycles. The summed E-state index contributed by atoms with van der Waals surface area (Å²) in [7, 11) is 0. The lowest BCUT2D eigenvalue weighted by molar-refractivity contribution is -0.116. The summed E-state index contributed by atoms with van der Waals surface area (Å²) >= 11 is 0. The second-order valence-corrected chi connectivity index (χ2v) is 5.32. The van der Waals surface area contributed by atoms with E-state index in [1.165, 1.54) is 11.1 Å². The highest BCUT2D eigenvalue weighted by molar-refractivity contribution is 5.77. The van der Waals surface area contributed by atoms with Gasteiger partial charge in [0.15, 0.2) is 0 Å². The Labute approximate surface area is 109 Å². The Morgan fingerprint density at radius 1 is 1.39 bits per heavy atom. The first-order valence-electron chi connectivity index (χ1n) is 6.58. The van der Waals surface area contributed by atoms with Gasteiger partial charge in [0.05, 0.1) is 0 Å². The molecule has 0 spiro atoms. The third-order valence-electron chi connectivity index (χ3n) is 3.74. The molecule has 1 saturated heterocycles. The molecular weight excluding hydrogens is 222 g/mol.